The van der Waals surface area contributed by atoms with Gasteiger partial charge in [0.25, 0.3) is 0 Å². The van der Waals surface area contributed by atoms with Crippen LogP contribution < -0.4 is 22.9 Å². The van der Waals surface area contributed by atoms with Crippen molar-refractivity contribution in [2.75, 3.05) is 0 Å². The van der Waals surface area contributed by atoms with Crippen LogP contribution >= 0.6 is 12.4 Å². The third-order valence-corrected chi connectivity index (χ3v) is 5.37. The summed E-state index contributed by atoms with van der Waals surface area (Å²) in [5.74, 6) is 3.80. The maximum Gasteiger partial charge on any atom is 0.122 e. The van der Waals surface area contributed by atoms with Gasteiger partial charge in [-0.2, -0.15) is 0 Å². The lowest BCUT2D eigenvalue weighted by Crippen LogP contribution is -2.09. The number of hydrogen-bond acceptors (Lipinski definition) is 8. The molecule has 0 aliphatic rings. The van der Waals surface area contributed by atoms with Gasteiger partial charge in [-0.1, -0.05) is 6.92 Å². The van der Waals surface area contributed by atoms with E-state index in [1.54, 1.807) is 24.8 Å². The van der Waals surface area contributed by atoms with E-state index in [1.807, 2.05) is 41.0 Å². The summed E-state index contributed by atoms with van der Waals surface area (Å²) >= 11 is 0. The Balaban J connectivity index is 0.000000478. The molecule has 0 aliphatic heterocycles. The number of halogens is 1. The molecule has 214 valence electrons. The summed E-state index contributed by atoms with van der Waals surface area (Å²) in [7, 11) is 1.93. The summed E-state index contributed by atoms with van der Waals surface area (Å²) in [6, 6.07) is 0.459. The van der Waals surface area contributed by atoms with Gasteiger partial charge in [-0.05, 0) is 27.2 Å². The van der Waals surface area contributed by atoms with Crippen LogP contribution in [0.15, 0.2) is 49.6 Å². The van der Waals surface area contributed by atoms with Crippen molar-refractivity contribution in [3.63, 3.8) is 0 Å². The van der Waals surface area contributed by atoms with Crippen molar-refractivity contribution in [3.8, 4) is 0 Å². The number of imidazole rings is 4. The Bertz CT molecular complexity index is 1080. The second-order valence-corrected chi connectivity index (χ2v) is 8.28. The average molecular weight is 551 g/mol. The fourth-order valence-electron chi connectivity index (χ4n) is 3.36. The molecule has 0 atom stereocenters. The van der Waals surface area contributed by atoms with E-state index in [4.69, 9.17) is 22.9 Å². The quantitative estimate of drug-likeness (QED) is 0.258. The molecule has 12 nitrogen and oxygen atoms in total. The van der Waals surface area contributed by atoms with E-state index < -0.39 is 0 Å². The third kappa shape index (κ3) is 11.6. The molecule has 0 amide bonds. The molecule has 0 aromatic carbocycles. The first kappa shape index (κ1) is 35.0. The Hall–Kier alpha value is -3.03. The van der Waals surface area contributed by atoms with Crippen LogP contribution in [0.3, 0.4) is 0 Å². The van der Waals surface area contributed by atoms with Crippen LogP contribution in [0.5, 0.6) is 0 Å². The number of nitrogens with two attached hydrogens (primary N) is 4. The van der Waals surface area contributed by atoms with E-state index in [0.717, 1.165) is 42.8 Å². The normalized spacial score (nSPS) is 9.95. The zero-order valence-corrected chi connectivity index (χ0v) is 24.3. The highest BCUT2D eigenvalue weighted by Gasteiger charge is 2.02. The van der Waals surface area contributed by atoms with E-state index in [2.05, 4.69) is 56.8 Å². The van der Waals surface area contributed by atoms with Crippen molar-refractivity contribution in [1.29, 1.82) is 0 Å². The van der Waals surface area contributed by atoms with Gasteiger partial charge in [-0.15, -0.1) is 12.4 Å². The molecule has 0 aliphatic carbocycles. The minimum atomic E-state index is 0. The number of rotatable bonds is 8. The van der Waals surface area contributed by atoms with Gasteiger partial charge in [-0.3, -0.25) is 0 Å². The maximum atomic E-state index is 5.45. The Labute approximate surface area is 232 Å². The van der Waals surface area contributed by atoms with Crippen LogP contribution in [0.1, 0.15) is 63.5 Å². The highest BCUT2D eigenvalue weighted by molar-refractivity contribution is 5.85. The Morgan fingerprint density at radius 1 is 0.658 bits per heavy atom. The van der Waals surface area contributed by atoms with E-state index in [-0.39, 0.29) is 12.4 Å². The van der Waals surface area contributed by atoms with Crippen molar-refractivity contribution < 1.29 is 0 Å². The standard InChI is InChI=1S/2C7H13N3.C6H11N3.C5H9N3.ClH/c1-6(2)10-4-3-9-7(10)5-8;1-2-4-10-5-3-9-7(10)6-8;1-2-9-4-3-8-6(9)5-7;1-8-3-2-7-5(8)4-6;/h3-4,6H,5,8H2,1-2H3;3,5H,2,4,6,8H2,1H3;3-4H,2,5,7H2,1H3;2-3H,4,6H2,1H3;1H. The van der Waals surface area contributed by atoms with Crippen LogP contribution in [0.25, 0.3) is 0 Å². The predicted molar refractivity (Wildman–Crippen MR) is 155 cm³/mol. The summed E-state index contributed by atoms with van der Waals surface area (Å²) in [5.41, 5.74) is 21.6. The first-order valence-electron chi connectivity index (χ1n) is 12.6. The Morgan fingerprint density at radius 2 is 1.11 bits per heavy atom. The molecule has 0 spiro atoms. The maximum absolute atomic E-state index is 5.45. The lowest BCUT2D eigenvalue weighted by molar-refractivity contribution is 0.569. The highest BCUT2D eigenvalue weighted by Crippen LogP contribution is 2.06. The molecule has 0 saturated carbocycles. The van der Waals surface area contributed by atoms with Crippen molar-refractivity contribution in [2.24, 2.45) is 30.0 Å². The number of aryl methyl sites for hydroxylation is 3. The van der Waals surface area contributed by atoms with Crippen molar-refractivity contribution >= 4 is 12.4 Å². The second kappa shape index (κ2) is 20.0. The monoisotopic (exact) mass is 550 g/mol. The molecule has 0 radical (unpaired) electrons. The molecular formula is C25H47ClN12. The molecule has 38 heavy (non-hydrogen) atoms. The summed E-state index contributed by atoms with van der Waals surface area (Å²) in [5, 5.41) is 0. The molecule has 4 aromatic rings. The van der Waals surface area contributed by atoms with Gasteiger partial charge in [0.15, 0.2) is 0 Å². The SMILES string of the molecule is CC(C)n1ccnc1CN.CCCn1ccnc1CN.CCn1ccnc1CN.Cl.Cn1ccnc1CN. The van der Waals surface area contributed by atoms with Gasteiger partial charge in [0.1, 0.15) is 23.3 Å². The van der Waals surface area contributed by atoms with E-state index in [0.29, 0.717) is 32.2 Å². The zero-order valence-electron chi connectivity index (χ0n) is 23.4. The van der Waals surface area contributed by atoms with Crippen LogP contribution in [-0.4, -0.2) is 38.2 Å². The highest BCUT2D eigenvalue weighted by atomic mass is 35.5. The van der Waals surface area contributed by atoms with Gasteiger partial charge < -0.3 is 41.2 Å². The fourth-order valence-corrected chi connectivity index (χ4v) is 3.36. The lowest BCUT2D eigenvalue weighted by Gasteiger charge is -2.08. The van der Waals surface area contributed by atoms with Gasteiger partial charge >= 0.3 is 0 Å². The van der Waals surface area contributed by atoms with Gasteiger partial charge in [0.2, 0.25) is 0 Å². The summed E-state index contributed by atoms with van der Waals surface area (Å²) in [6.07, 6.45) is 15.9. The molecular weight excluding hydrogens is 504 g/mol. The minimum Gasteiger partial charge on any atom is -0.337 e. The molecule has 0 bridgehead atoms. The van der Waals surface area contributed by atoms with Crippen LogP contribution in [0.2, 0.25) is 0 Å². The van der Waals surface area contributed by atoms with E-state index >= 15 is 0 Å². The van der Waals surface area contributed by atoms with Crippen LogP contribution in [0.4, 0.5) is 0 Å². The third-order valence-electron chi connectivity index (χ3n) is 5.37. The van der Waals surface area contributed by atoms with E-state index in [9.17, 15) is 0 Å². The molecule has 8 N–H and O–H groups in total. The number of hydrogen-bond donors (Lipinski definition) is 4. The van der Waals surface area contributed by atoms with Crippen molar-refractivity contribution in [2.45, 2.75) is 79.4 Å². The van der Waals surface area contributed by atoms with Gasteiger partial charge in [0, 0.05) is 75.8 Å². The Morgan fingerprint density at radius 3 is 1.47 bits per heavy atom. The first-order chi connectivity index (χ1) is 17.9. The molecule has 4 heterocycles. The molecule has 4 rings (SSSR count). The van der Waals surface area contributed by atoms with Crippen molar-refractivity contribution in [3.05, 3.63) is 72.9 Å². The van der Waals surface area contributed by atoms with Gasteiger partial charge in [0.05, 0.1) is 26.2 Å². The number of aromatic nitrogens is 8. The fraction of sp³-hybridized carbons (Fsp3) is 0.520. The van der Waals surface area contributed by atoms with Crippen LogP contribution in [0, 0.1) is 0 Å². The van der Waals surface area contributed by atoms with Crippen molar-refractivity contribution in [1.82, 2.24) is 38.2 Å². The Kier molecular flexibility index (Phi) is 18.4. The predicted octanol–water partition coefficient (Wildman–Crippen LogP) is 2.34. The summed E-state index contributed by atoms with van der Waals surface area (Å²) in [6.45, 7) is 12.5. The molecule has 4 aromatic heterocycles. The second-order valence-electron chi connectivity index (χ2n) is 8.28. The minimum absolute atomic E-state index is 0. The van der Waals surface area contributed by atoms with E-state index in [1.165, 1.54) is 0 Å². The molecule has 13 heteroatoms. The summed E-state index contributed by atoms with van der Waals surface area (Å²) < 4.78 is 8.08. The summed E-state index contributed by atoms with van der Waals surface area (Å²) in [4.78, 5) is 16.2. The topological polar surface area (TPSA) is 175 Å². The van der Waals surface area contributed by atoms with Gasteiger partial charge in [-0.25, -0.2) is 19.9 Å². The molecule has 0 fully saturated rings. The average Bonchev–Trinajstić information content (AvgIpc) is 3.72. The number of nitrogens with zero attached hydrogens (tertiary/aromatic N) is 8. The first-order valence-corrected chi connectivity index (χ1v) is 12.6. The molecule has 0 unspecified atom stereocenters. The smallest absolute Gasteiger partial charge is 0.122 e. The van der Waals surface area contributed by atoms with Crippen LogP contribution in [-0.2, 0) is 46.3 Å². The molecule has 0 saturated heterocycles. The zero-order chi connectivity index (χ0) is 27.6. The largest absolute Gasteiger partial charge is 0.337 e. The lowest BCUT2D eigenvalue weighted by atomic mass is 10.4.